The molecule has 0 spiro atoms. The fraction of sp³-hybridized carbons (Fsp3) is 0.310. The van der Waals surface area contributed by atoms with Gasteiger partial charge in [-0.05, 0) is 67.3 Å². The van der Waals surface area contributed by atoms with E-state index in [2.05, 4.69) is 70.9 Å². The molecule has 182 valence electrons. The molecular weight excluding hydrogens is 450 g/mol. The van der Waals surface area contributed by atoms with Gasteiger partial charge in [-0.2, -0.15) is 10.2 Å². The lowest BCUT2D eigenvalue weighted by Gasteiger charge is -2.48. The number of hydrogen-bond donors (Lipinski definition) is 2. The van der Waals surface area contributed by atoms with Gasteiger partial charge in [0.05, 0.1) is 29.8 Å². The van der Waals surface area contributed by atoms with Gasteiger partial charge in [0.1, 0.15) is 5.75 Å². The lowest BCUT2D eigenvalue weighted by atomic mass is 9.62. The largest absolute Gasteiger partial charge is 0.497 e. The van der Waals surface area contributed by atoms with Gasteiger partial charge in [-0.1, -0.05) is 25.1 Å². The fourth-order valence-electron chi connectivity index (χ4n) is 6.06. The van der Waals surface area contributed by atoms with E-state index in [0.29, 0.717) is 12.8 Å². The van der Waals surface area contributed by atoms with Crippen LogP contribution < -0.4 is 15.4 Å². The highest BCUT2D eigenvalue weighted by molar-refractivity contribution is 6.00. The minimum atomic E-state index is -0.633. The number of amides is 1. The van der Waals surface area contributed by atoms with E-state index < -0.39 is 5.41 Å². The van der Waals surface area contributed by atoms with Gasteiger partial charge in [0.25, 0.3) is 5.91 Å². The highest BCUT2D eigenvalue weighted by Gasteiger charge is 2.53. The average molecular weight is 480 g/mol. The van der Waals surface area contributed by atoms with Crippen LogP contribution in [-0.2, 0) is 10.2 Å². The zero-order chi connectivity index (χ0) is 25.1. The molecule has 0 fully saturated rings. The standard InChI is InChI=1S/C29H29N5O2/c1-5-29(22-16-31-34-26(22)32-24-15-28(2,3)33-27(35)25(24)29)18-8-6-7-17(13-18)20-11-12-30-23-10-9-19(36-4)14-21(20)23/h6-14,16,26,32H,5,15H2,1-4H3,(H,33,35)/t26?,29-/m0/s1. The Labute approximate surface area is 210 Å². The number of nitrogens with one attached hydrogen (secondary N) is 2. The van der Waals surface area contributed by atoms with Gasteiger partial charge in [0.15, 0.2) is 6.17 Å². The molecule has 3 aliphatic heterocycles. The number of carbonyl (C=O) groups is 1. The summed E-state index contributed by atoms with van der Waals surface area (Å²) in [5.41, 5.74) is 5.86. The van der Waals surface area contributed by atoms with Crippen molar-refractivity contribution in [2.45, 2.75) is 50.7 Å². The molecule has 0 aliphatic carbocycles. The topological polar surface area (TPSA) is 88.0 Å². The van der Waals surface area contributed by atoms with Crippen LogP contribution in [0.5, 0.6) is 5.75 Å². The third-order valence-corrected chi connectivity index (χ3v) is 7.65. The van der Waals surface area contributed by atoms with E-state index in [0.717, 1.165) is 50.2 Å². The number of aromatic nitrogens is 1. The molecule has 1 aromatic heterocycles. The molecule has 2 aromatic carbocycles. The summed E-state index contributed by atoms with van der Waals surface area (Å²) >= 11 is 0. The van der Waals surface area contributed by atoms with Crippen molar-refractivity contribution >= 4 is 16.8 Å². The Hall–Kier alpha value is -4.00. The van der Waals surface area contributed by atoms with Gasteiger partial charge in [0, 0.05) is 34.8 Å². The Balaban J connectivity index is 1.57. The minimum absolute atomic E-state index is 0.0358. The second-order valence-corrected chi connectivity index (χ2v) is 10.3. The van der Waals surface area contributed by atoms with E-state index >= 15 is 0 Å². The van der Waals surface area contributed by atoms with E-state index in [1.807, 2.05) is 36.7 Å². The molecule has 4 heterocycles. The van der Waals surface area contributed by atoms with Gasteiger partial charge >= 0.3 is 0 Å². The van der Waals surface area contributed by atoms with Crippen molar-refractivity contribution in [2.24, 2.45) is 10.2 Å². The molecule has 0 bridgehead atoms. The summed E-state index contributed by atoms with van der Waals surface area (Å²) < 4.78 is 5.49. The Bertz CT molecular complexity index is 1500. The van der Waals surface area contributed by atoms with Gasteiger partial charge in [-0.3, -0.25) is 9.78 Å². The van der Waals surface area contributed by atoms with Crippen molar-refractivity contribution in [3.8, 4) is 16.9 Å². The summed E-state index contributed by atoms with van der Waals surface area (Å²) in [5, 5.41) is 16.5. The molecule has 0 saturated carbocycles. The van der Waals surface area contributed by atoms with Crippen LogP contribution in [0.3, 0.4) is 0 Å². The molecule has 36 heavy (non-hydrogen) atoms. The van der Waals surface area contributed by atoms with Crippen molar-refractivity contribution in [2.75, 3.05) is 7.11 Å². The first-order chi connectivity index (χ1) is 17.4. The minimum Gasteiger partial charge on any atom is -0.497 e. The van der Waals surface area contributed by atoms with E-state index in [1.165, 1.54) is 0 Å². The predicted octanol–water partition coefficient (Wildman–Crippen LogP) is 5.39. The SMILES string of the molecule is CC[C@]1(c2cccc(-c3ccnc4ccc(OC)cc34)c2)C2=CN=NC2NC2=C1C(=O)NC(C)(C)C2. The summed E-state index contributed by atoms with van der Waals surface area (Å²) in [6.07, 6.45) is 4.83. The van der Waals surface area contributed by atoms with Crippen molar-refractivity contribution in [1.82, 2.24) is 15.6 Å². The quantitative estimate of drug-likeness (QED) is 0.525. The third-order valence-electron chi connectivity index (χ3n) is 7.65. The van der Waals surface area contributed by atoms with Crippen LogP contribution in [-0.4, -0.2) is 29.7 Å². The molecule has 2 atom stereocenters. The van der Waals surface area contributed by atoms with Crippen molar-refractivity contribution < 1.29 is 9.53 Å². The van der Waals surface area contributed by atoms with Crippen molar-refractivity contribution in [3.63, 3.8) is 0 Å². The second-order valence-electron chi connectivity index (χ2n) is 10.3. The molecule has 3 aromatic rings. The normalized spacial score (nSPS) is 24.1. The molecular formula is C29H29N5O2. The zero-order valence-corrected chi connectivity index (χ0v) is 20.9. The van der Waals surface area contributed by atoms with E-state index in [9.17, 15) is 4.79 Å². The summed E-state index contributed by atoms with van der Waals surface area (Å²) in [4.78, 5) is 18.2. The number of azo groups is 1. The zero-order valence-electron chi connectivity index (χ0n) is 20.9. The Kier molecular flexibility index (Phi) is 5.00. The summed E-state index contributed by atoms with van der Waals surface area (Å²) in [7, 11) is 1.67. The molecule has 7 nitrogen and oxygen atoms in total. The first kappa shape index (κ1) is 22.5. The van der Waals surface area contributed by atoms with Crippen LogP contribution in [0.15, 0.2) is 88.0 Å². The number of ether oxygens (including phenoxy) is 1. The van der Waals surface area contributed by atoms with Crippen LogP contribution in [0.4, 0.5) is 0 Å². The van der Waals surface area contributed by atoms with Gasteiger partial charge in [0.2, 0.25) is 0 Å². The summed E-state index contributed by atoms with van der Waals surface area (Å²) in [6, 6.07) is 16.5. The second kappa shape index (κ2) is 8.01. The first-order valence-electron chi connectivity index (χ1n) is 12.3. The maximum Gasteiger partial charge on any atom is 0.250 e. The van der Waals surface area contributed by atoms with Crippen molar-refractivity contribution in [3.05, 3.63) is 83.3 Å². The number of rotatable bonds is 4. The lowest BCUT2D eigenvalue weighted by Crippen LogP contribution is -2.58. The van der Waals surface area contributed by atoms with Gasteiger partial charge in [-0.25, -0.2) is 0 Å². The van der Waals surface area contributed by atoms with Crippen LogP contribution in [0.25, 0.3) is 22.0 Å². The van der Waals surface area contributed by atoms with E-state index in [-0.39, 0.29) is 17.6 Å². The van der Waals surface area contributed by atoms with E-state index in [4.69, 9.17) is 4.74 Å². The smallest absolute Gasteiger partial charge is 0.250 e. The number of nitrogens with zero attached hydrogens (tertiary/aromatic N) is 3. The Morgan fingerprint density at radius 1 is 1.14 bits per heavy atom. The highest BCUT2D eigenvalue weighted by Crippen LogP contribution is 2.51. The van der Waals surface area contributed by atoms with Crippen LogP contribution in [0.2, 0.25) is 0 Å². The number of fused-ring (bicyclic) bond motifs is 2. The average Bonchev–Trinajstić information content (AvgIpc) is 3.35. The maximum absolute atomic E-state index is 13.7. The van der Waals surface area contributed by atoms with Gasteiger partial charge in [-0.15, -0.1) is 0 Å². The number of carbonyl (C=O) groups excluding carboxylic acids is 1. The molecule has 3 aliphatic rings. The number of methoxy groups -OCH3 is 1. The van der Waals surface area contributed by atoms with Crippen molar-refractivity contribution in [1.29, 1.82) is 0 Å². The molecule has 7 heteroatoms. The first-order valence-corrected chi connectivity index (χ1v) is 12.3. The fourth-order valence-corrected chi connectivity index (χ4v) is 6.06. The molecule has 6 rings (SSSR count). The number of benzene rings is 2. The number of hydrogen-bond acceptors (Lipinski definition) is 6. The summed E-state index contributed by atoms with van der Waals surface area (Å²) in [5.74, 6) is 0.751. The van der Waals surface area contributed by atoms with Crippen LogP contribution in [0, 0.1) is 0 Å². The van der Waals surface area contributed by atoms with Crippen LogP contribution >= 0.6 is 0 Å². The Morgan fingerprint density at radius 3 is 2.81 bits per heavy atom. The maximum atomic E-state index is 13.7. The van der Waals surface area contributed by atoms with Gasteiger partial charge < -0.3 is 15.4 Å². The predicted molar refractivity (Wildman–Crippen MR) is 139 cm³/mol. The lowest BCUT2D eigenvalue weighted by molar-refractivity contribution is -0.120. The third kappa shape index (κ3) is 3.26. The monoisotopic (exact) mass is 479 g/mol. The molecule has 0 saturated heterocycles. The number of pyridine rings is 1. The Morgan fingerprint density at radius 2 is 2.00 bits per heavy atom. The van der Waals surface area contributed by atoms with Crippen LogP contribution in [0.1, 0.15) is 39.2 Å². The molecule has 1 unspecified atom stereocenters. The highest BCUT2D eigenvalue weighted by atomic mass is 16.5. The summed E-state index contributed by atoms with van der Waals surface area (Å²) in [6.45, 7) is 6.24. The van der Waals surface area contributed by atoms with E-state index in [1.54, 1.807) is 7.11 Å². The molecule has 1 amide bonds. The molecule has 0 radical (unpaired) electrons. The molecule has 2 N–H and O–H groups in total.